The Kier molecular flexibility index (Phi) is 4.16. The van der Waals surface area contributed by atoms with Crippen molar-refractivity contribution in [1.29, 1.82) is 0 Å². The maximum absolute atomic E-state index is 6.27. The minimum atomic E-state index is 0.272. The molecule has 3 rings (SSSR count). The summed E-state index contributed by atoms with van der Waals surface area (Å²) < 4.78 is 6.27. The molecule has 1 fully saturated rings. The minimum Gasteiger partial charge on any atom is -0.487 e. The second kappa shape index (κ2) is 6.23. The van der Waals surface area contributed by atoms with E-state index in [0.717, 1.165) is 29.6 Å². The predicted molar refractivity (Wildman–Crippen MR) is 82.1 cm³/mol. The lowest BCUT2D eigenvalue weighted by Gasteiger charge is -2.22. The third kappa shape index (κ3) is 2.78. The molecule has 2 aromatic rings. The zero-order valence-corrected chi connectivity index (χ0v) is 12.0. The van der Waals surface area contributed by atoms with Crippen LogP contribution in [0.3, 0.4) is 0 Å². The predicted octanol–water partition coefficient (Wildman–Crippen LogP) is 3.53. The van der Waals surface area contributed by atoms with Crippen molar-refractivity contribution in [3.8, 4) is 5.75 Å². The number of fused-ring (bicyclic) bond motifs is 1. The Balaban J connectivity index is 1.78. The molecule has 1 aromatic carbocycles. The van der Waals surface area contributed by atoms with E-state index in [1.807, 2.05) is 24.4 Å². The molecule has 0 spiro atoms. The zero-order chi connectivity index (χ0) is 13.8. The fraction of sp³-hybridized carbons (Fsp3) is 0.471. The Morgan fingerprint density at radius 2 is 2.15 bits per heavy atom. The number of benzene rings is 1. The number of hydrogen-bond donors (Lipinski definition) is 1. The molecule has 1 heterocycles. The monoisotopic (exact) mass is 270 g/mol. The van der Waals surface area contributed by atoms with Gasteiger partial charge in [0.1, 0.15) is 17.4 Å². The standard InChI is InChI=1S/C17H22N2O/c1-2-11-18-14-8-4-9-15(14)20-16-10-3-6-13-7-5-12-19-17(13)16/h3,5-7,10,12,14-15,18H,2,4,8-9,11H2,1H3. The summed E-state index contributed by atoms with van der Waals surface area (Å²) in [6, 6.07) is 10.7. The zero-order valence-electron chi connectivity index (χ0n) is 12.0. The van der Waals surface area contributed by atoms with Crippen molar-refractivity contribution in [2.45, 2.75) is 44.8 Å². The van der Waals surface area contributed by atoms with Gasteiger partial charge in [0.25, 0.3) is 0 Å². The maximum Gasteiger partial charge on any atom is 0.146 e. The van der Waals surface area contributed by atoms with E-state index in [1.165, 1.54) is 19.3 Å². The molecule has 0 saturated heterocycles. The van der Waals surface area contributed by atoms with Crippen LogP contribution in [0.1, 0.15) is 32.6 Å². The number of nitrogens with zero attached hydrogens (tertiary/aromatic N) is 1. The largest absolute Gasteiger partial charge is 0.487 e. The maximum atomic E-state index is 6.27. The van der Waals surface area contributed by atoms with E-state index in [4.69, 9.17) is 4.74 Å². The van der Waals surface area contributed by atoms with Crippen LogP contribution in [0.15, 0.2) is 36.5 Å². The van der Waals surface area contributed by atoms with Crippen molar-refractivity contribution in [1.82, 2.24) is 10.3 Å². The summed E-state index contributed by atoms with van der Waals surface area (Å²) in [4.78, 5) is 4.47. The van der Waals surface area contributed by atoms with Crippen molar-refractivity contribution in [3.05, 3.63) is 36.5 Å². The summed E-state index contributed by atoms with van der Waals surface area (Å²) in [5.74, 6) is 0.915. The SMILES string of the molecule is CCCNC1CCCC1Oc1cccc2cccnc12. The van der Waals surface area contributed by atoms with Gasteiger partial charge in [-0.1, -0.05) is 25.1 Å². The number of rotatable bonds is 5. The van der Waals surface area contributed by atoms with Crippen LogP contribution >= 0.6 is 0 Å². The van der Waals surface area contributed by atoms with Crippen LogP contribution < -0.4 is 10.1 Å². The lowest BCUT2D eigenvalue weighted by molar-refractivity contribution is 0.177. The number of aromatic nitrogens is 1. The van der Waals surface area contributed by atoms with E-state index >= 15 is 0 Å². The number of nitrogens with one attached hydrogen (secondary N) is 1. The molecule has 1 N–H and O–H groups in total. The van der Waals surface area contributed by atoms with Crippen molar-refractivity contribution >= 4 is 10.9 Å². The molecule has 1 aromatic heterocycles. The van der Waals surface area contributed by atoms with E-state index in [-0.39, 0.29) is 6.10 Å². The van der Waals surface area contributed by atoms with Gasteiger partial charge in [0, 0.05) is 17.6 Å². The molecule has 1 saturated carbocycles. The Labute approximate surface area is 120 Å². The quantitative estimate of drug-likeness (QED) is 0.902. The highest BCUT2D eigenvalue weighted by Gasteiger charge is 2.28. The molecule has 2 unspecified atom stereocenters. The normalized spacial score (nSPS) is 22.2. The molecule has 2 atom stereocenters. The molecule has 0 bridgehead atoms. The van der Waals surface area contributed by atoms with E-state index in [1.54, 1.807) is 0 Å². The highest BCUT2D eigenvalue weighted by molar-refractivity contribution is 5.84. The van der Waals surface area contributed by atoms with Crippen LogP contribution in [0.2, 0.25) is 0 Å². The van der Waals surface area contributed by atoms with Gasteiger partial charge in [-0.05, 0) is 44.4 Å². The molecule has 0 amide bonds. The van der Waals surface area contributed by atoms with Crippen molar-refractivity contribution < 1.29 is 4.74 Å². The second-order valence-electron chi connectivity index (χ2n) is 5.48. The van der Waals surface area contributed by atoms with Crippen LogP contribution in [0.25, 0.3) is 10.9 Å². The third-order valence-corrected chi connectivity index (χ3v) is 3.98. The average Bonchev–Trinajstić information content (AvgIpc) is 2.93. The Hall–Kier alpha value is -1.61. The van der Waals surface area contributed by atoms with Gasteiger partial charge in [-0.2, -0.15) is 0 Å². The van der Waals surface area contributed by atoms with E-state index in [9.17, 15) is 0 Å². The molecule has 0 aliphatic heterocycles. The van der Waals surface area contributed by atoms with Crippen LogP contribution in [0.4, 0.5) is 0 Å². The molecule has 1 aliphatic rings. The van der Waals surface area contributed by atoms with Crippen LogP contribution in [0, 0.1) is 0 Å². The highest BCUT2D eigenvalue weighted by Crippen LogP contribution is 2.29. The van der Waals surface area contributed by atoms with Gasteiger partial charge in [-0.3, -0.25) is 4.98 Å². The van der Waals surface area contributed by atoms with Crippen LogP contribution in [-0.2, 0) is 0 Å². The van der Waals surface area contributed by atoms with Crippen LogP contribution in [-0.4, -0.2) is 23.7 Å². The molecule has 1 aliphatic carbocycles. The molecule has 0 radical (unpaired) electrons. The fourth-order valence-corrected chi connectivity index (χ4v) is 2.96. The first-order chi connectivity index (χ1) is 9.88. The van der Waals surface area contributed by atoms with E-state index in [0.29, 0.717) is 6.04 Å². The van der Waals surface area contributed by atoms with E-state index in [2.05, 4.69) is 29.4 Å². The first-order valence-corrected chi connectivity index (χ1v) is 7.62. The van der Waals surface area contributed by atoms with Gasteiger partial charge in [0.15, 0.2) is 0 Å². The summed E-state index contributed by atoms with van der Waals surface area (Å²) >= 11 is 0. The van der Waals surface area contributed by atoms with Crippen molar-refractivity contribution in [2.75, 3.05) is 6.54 Å². The number of ether oxygens (including phenoxy) is 1. The Morgan fingerprint density at radius 3 is 3.05 bits per heavy atom. The van der Waals surface area contributed by atoms with Gasteiger partial charge < -0.3 is 10.1 Å². The summed E-state index contributed by atoms with van der Waals surface area (Å²) in [7, 11) is 0. The van der Waals surface area contributed by atoms with Gasteiger partial charge in [0.05, 0.1) is 0 Å². The third-order valence-electron chi connectivity index (χ3n) is 3.98. The van der Waals surface area contributed by atoms with Gasteiger partial charge >= 0.3 is 0 Å². The number of pyridine rings is 1. The van der Waals surface area contributed by atoms with Gasteiger partial charge in [0.2, 0.25) is 0 Å². The van der Waals surface area contributed by atoms with E-state index < -0.39 is 0 Å². The molecule has 20 heavy (non-hydrogen) atoms. The summed E-state index contributed by atoms with van der Waals surface area (Å²) in [6.07, 6.45) is 6.85. The first kappa shape index (κ1) is 13.4. The number of para-hydroxylation sites is 1. The van der Waals surface area contributed by atoms with Crippen molar-refractivity contribution in [2.24, 2.45) is 0 Å². The molecule has 106 valence electrons. The molecule has 3 heteroatoms. The minimum absolute atomic E-state index is 0.272. The van der Waals surface area contributed by atoms with Gasteiger partial charge in [-0.25, -0.2) is 0 Å². The Morgan fingerprint density at radius 1 is 1.25 bits per heavy atom. The fourth-order valence-electron chi connectivity index (χ4n) is 2.96. The molecular formula is C17H22N2O. The summed E-state index contributed by atoms with van der Waals surface area (Å²) in [6.45, 7) is 3.27. The van der Waals surface area contributed by atoms with Crippen LogP contribution in [0.5, 0.6) is 5.75 Å². The molecule has 3 nitrogen and oxygen atoms in total. The molecular weight excluding hydrogens is 248 g/mol. The number of hydrogen-bond acceptors (Lipinski definition) is 3. The van der Waals surface area contributed by atoms with Gasteiger partial charge in [-0.15, -0.1) is 0 Å². The average molecular weight is 270 g/mol. The topological polar surface area (TPSA) is 34.1 Å². The summed E-state index contributed by atoms with van der Waals surface area (Å²) in [5.41, 5.74) is 0.969. The Bertz CT molecular complexity index is 564. The lowest BCUT2D eigenvalue weighted by atomic mass is 10.2. The lowest BCUT2D eigenvalue weighted by Crippen LogP contribution is -2.39. The smallest absolute Gasteiger partial charge is 0.146 e. The van der Waals surface area contributed by atoms with Crippen molar-refractivity contribution in [3.63, 3.8) is 0 Å². The first-order valence-electron chi connectivity index (χ1n) is 7.62. The second-order valence-corrected chi connectivity index (χ2v) is 5.48. The highest BCUT2D eigenvalue weighted by atomic mass is 16.5. The summed E-state index contributed by atoms with van der Waals surface area (Å²) in [5, 5.41) is 4.74.